The first-order valence-corrected chi connectivity index (χ1v) is 8.98. The number of imidazole rings is 1. The van der Waals surface area contributed by atoms with Gasteiger partial charge in [-0.2, -0.15) is 0 Å². The van der Waals surface area contributed by atoms with Crippen molar-refractivity contribution in [2.24, 2.45) is 0 Å². The normalized spacial score (nSPS) is 12.3. The Hall–Kier alpha value is -3.24. The van der Waals surface area contributed by atoms with E-state index in [1.807, 2.05) is 54.6 Å². The van der Waals surface area contributed by atoms with Gasteiger partial charge in [0.05, 0.1) is 16.4 Å². The van der Waals surface area contributed by atoms with E-state index in [-0.39, 0.29) is 6.79 Å². The molecule has 4 nitrogen and oxygen atoms in total. The number of fused-ring (bicyclic) bond motifs is 1. The summed E-state index contributed by atoms with van der Waals surface area (Å²) in [5.41, 5.74) is 4.71. The van der Waals surface area contributed by atoms with Crippen molar-refractivity contribution in [2.45, 2.75) is 0 Å². The van der Waals surface area contributed by atoms with Crippen molar-refractivity contribution >= 4 is 11.6 Å². The third-order valence-electron chi connectivity index (χ3n) is 4.53. The van der Waals surface area contributed by atoms with Crippen molar-refractivity contribution in [1.82, 2.24) is 9.97 Å². The zero-order chi connectivity index (χ0) is 18.2. The molecular weight excluding hydrogens is 360 g/mol. The highest BCUT2D eigenvalue weighted by molar-refractivity contribution is 6.33. The summed E-state index contributed by atoms with van der Waals surface area (Å²) in [6, 6.07) is 23.9. The molecule has 2 heterocycles. The summed E-state index contributed by atoms with van der Waals surface area (Å²) in [7, 11) is 0. The summed E-state index contributed by atoms with van der Waals surface area (Å²) in [5.74, 6) is 2.02. The molecule has 132 valence electrons. The number of hydrogen-bond acceptors (Lipinski definition) is 3. The monoisotopic (exact) mass is 374 g/mol. The minimum absolute atomic E-state index is 0.206. The molecule has 3 aromatic carbocycles. The summed E-state index contributed by atoms with van der Waals surface area (Å²) < 4.78 is 10.9. The molecule has 1 aliphatic rings. The molecule has 4 aromatic rings. The van der Waals surface area contributed by atoms with Crippen LogP contribution in [0.1, 0.15) is 0 Å². The highest BCUT2D eigenvalue weighted by Crippen LogP contribution is 2.41. The van der Waals surface area contributed by atoms with Gasteiger partial charge in [0, 0.05) is 22.8 Å². The van der Waals surface area contributed by atoms with Crippen molar-refractivity contribution in [3.63, 3.8) is 0 Å². The molecule has 0 fully saturated rings. The van der Waals surface area contributed by atoms with Crippen LogP contribution in [-0.2, 0) is 0 Å². The number of benzene rings is 3. The first kappa shape index (κ1) is 16.0. The van der Waals surface area contributed by atoms with Crippen molar-refractivity contribution < 1.29 is 9.47 Å². The number of halogens is 1. The molecule has 1 aliphatic heterocycles. The van der Waals surface area contributed by atoms with E-state index in [1.165, 1.54) is 0 Å². The first-order valence-electron chi connectivity index (χ1n) is 8.60. The van der Waals surface area contributed by atoms with E-state index in [0.717, 1.165) is 28.1 Å². The SMILES string of the molecule is Clc1cc2c(cc1-c1nc(-c3ccccc3)c(-c3ccccc3)[nH]1)OCO2. The fourth-order valence-corrected chi connectivity index (χ4v) is 3.46. The minimum Gasteiger partial charge on any atom is -0.454 e. The van der Waals surface area contributed by atoms with Gasteiger partial charge in [-0.05, 0) is 6.07 Å². The van der Waals surface area contributed by atoms with Crippen molar-refractivity contribution in [3.05, 3.63) is 77.8 Å². The minimum atomic E-state index is 0.206. The van der Waals surface area contributed by atoms with Gasteiger partial charge < -0.3 is 14.5 Å². The van der Waals surface area contributed by atoms with Crippen LogP contribution in [-0.4, -0.2) is 16.8 Å². The second-order valence-electron chi connectivity index (χ2n) is 6.23. The summed E-state index contributed by atoms with van der Waals surface area (Å²) in [4.78, 5) is 8.33. The summed E-state index contributed by atoms with van der Waals surface area (Å²) in [5, 5.41) is 0.562. The maximum Gasteiger partial charge on any atom is 0.231 e. The Morgan fingerprint density at radius 3 is 2.15 bits per heavy atom. The first-order chi connectivity index (χ1) is 13.3. The lowest BCUT2D eigenvalue weighted by Crippen LogP contribution is -1.92. The van der Waals surface area contributed by atoms with Gasteiger partial charge in [0.15, 0.2) is 11.5 Å². The molecule has 0 saturated carbocycles. The third kappa shape index (κ3) is 2.84. The van der Waals surface area contributed by atoms with E-state index in [0.29, 0.717) is 22.3 Å². The van der Waals surface area contributed by atoms with Crippen LogP contribution in [0.25, 0.3) is 33.9 Å². The van der Waals surface area contributed by atoms with Crippen LogP contribution in [0.3, 0.4) is 0 Å². The number of ether oxygens (including phenoxy) is 2. The molecule has 0 atom stereocenters. The van der Waals surface area contributed by atoms with E-state index < -0.39 is 0 Å². The average Bonchev–Trinajstić information content (AvgIpc) is 3.35. The molecule has 1 aromatic heterocycles. The molecule has 0 spiro atoms. The number of rotatable bonds is 3. The molecule has 0 saturated heterocycles. The number of hydrogen-bond donors (Lipinski definition) is 1. The van der Waals surface area contributed by atoms with Crippen LogP contribution in [0, 0.1) is 0 Å². The van der Waals surface area contributed by atoms with Crippen LogP contribution in [0.15, 0.2) is 72.8 Å². The maximum absolute atomic E-state index is 6.50. The predicted octanol–water partition coefficient (Wildman–Crippen LogP) is 5.79. The smallest absolute Gasteiger partial charge is 0.231 e. The maximum atomic E-state index is 6.50. The highest BCUT2D eigenvalue weighted by atomic mass is 35.5. The Kier molecular flexibility index (Phi) is 3.84. The van der Waals surface area contributed by atoms with E-state index >= 15 is 0 Å². The van der Waals surface area contributed by atoms with E-state index in [2.05, 4.69) is 17.1 Å². The number of nitrogens with zero attached hydrogens (tertiary/aromatic N) is 1. The molecule has 0 radical (unpaired) electrons. The number of aromatic amines is 1. The molecule has 1 N–H and O–H groups in total. The lowest BCUT2D eigenvalue weighted by Gasteiger charge is -2.03. The summed E-state index contributed by atoms with van der Waals surface area (Å²) in [6.07, 6.45) is 0. The number of nitrogens with one attached hydrogen (secondary N) is 1. The quantitative estimate of drug-likeness (QED) is 0.493. The van der Waals surface area contributed by atoms with Gasteiger partial charge in [0.2, 0.25) is 6.79 Å². The molecule has 5 heteroatoms. The van der Waals surface area contributed by atoms with E-state index in [1.54, 1.807) is 6.07 Å². The molecule has 0 unspecified atom stereocenters. The van der Waals surface area contributed by atoms with Crippen LogP contribution in [0.5, 0.6) is 11.5 Å². The van der Waals surface area contributed by atoms with Crippen LogP contribution in [0.4, 0.5) is 0 Å². The van der Waals surface area contributed by atoms with Gasteiger partial charge in [-0.1, -0.05) is 72.3 Å². The number of H-pyrrole nitrogens is 1. The van der Waals surface area contributed by atoms with E-state index in [4.69, 9.17) is 26.1 Å². The van der Waals surface area contributed by atoms with Gasteiger partial charge in [0.1, 0.15) is 5.82 Å². The predicted molar refractivity (Wildman–Crippen MR) is 106 cm³/mol. The summed E-state index contributed by atoms with van der Waals surface area (Å²) in [6.45, 7) is 0.206. The molecular formula is C22H15ClN2O2. The number of aromatic nitrogens is 2. The van der Waals surface area contributed by atoms with Crippen LogP contribution < -0.4 is 9.47 Å². The second-order valence-corrected chi connectivity index (χ2v) is 6.63. The van der Waals surface area contributed by atoms with Gasteiger partial charge in [-0.15, -0.1) is 0 Å². The molecule has 0 amide bonds. The zero-order valence-corrected chi connectivity index (χ0v) is 15.0. The fraction of sp³-hybridized carbons (Fsp3) is 0.0455. The zero-order valence-electron chi connectivity index (χ0n) is 14.3. The lowest BCUT2D eigenvalue weighted by atomic mass is 10.1. The molecule has 0 bridgehead atoms. The van der Waals surface area contributed by atoms with Crippen molar-refractivity contribution in [1.29, 1.82) is 0 Å². The molecule has 0 aliphatic carbocycles. The van der Waals surface area contributed by atoms with Gasteiger partial charge in [-0.25, -0.2) is 4.98 Å². The average molecular weight is 375 g/mol. The van der Waals surface area contributed by atoms with Gasteiger partial charge >= 0.3 is 0 Å². The van der Waals surface area contributed by atoms with Crippen LogP contribution in [0.2, 0.25) is 5.02 Å². The topological polar surface area (TPSA) is 47.1 Å². The standard InChI is InChI=1S/C22H15ClN2O2/c23-17-12-19-18(26-13-27-19)11-16(17)22-24-20(14-7-3-1-4-8-14)21(25-22)15-9-5-2-6-10-15/h1-12H,13H2,(H,24,25). The largest absolute Gasteiger partial charge is 0.454 e. The Bertz CT molecular complexity index is 1050. The molecule has 27 heavy (non-hydrogen) atoms. The summed E-state index contributed by atoms with van der Waals surface area (Å²) >= 11 is 6.50. The van der Waals surface area contributed by atoms with Gasteiger partial charge in [-0.3, -0.25) is 0 Å². The van der Waals surface area contributed by atoms with Crippen LogP contribution >= 0.6 is 11.6 Å². The Balaban J connectivity index is 1.70. The fourth-order valence-electron chi connectivity index (χ4n) is 3.22. The highest BCUT2D eigenvalue weighted by Gasteiger charge is 2.21. The second kappa shape index (κ2) is 6.49. The van der Waals surface area contributed by atoms with E-state index in [9.17, 15) is 0 Å². The Morgan fingerprint density at radius 1 is 0.815 bits per heavy atom. The Morgan fingerprint density at radius 2 is 1.44 bits per heavy atom. The van der Waals surface area contributed by atoms with Gasteiger partial charge in [0.25, 0.3) is 0 Å². The van der Waals surface area contributed by atoms with Crippen molar-refractivity contribution in [2.75, 3.05) is 6.79 Å². The lowest BCUT2D eigenvalue weighted by molar-refractivity contribution is 0.174. The third-order valence-corrected chi connectivity index (χ3v) is 4.84. The Labute approximate surface area is 161 Å². The van der Waals surface area contributed by atoms with Crippen molar-refractivity contribution in [3.8, 4) is 45.4 Å². The molecule has 5 rings (SSSR count).